The quantitative estimate of drug-likeness (QED) is 0.819. The van der Waals surface area contributed by atoms with Gasteiger partial charge in [0.15, 0.2) is 0 Å². The fourth-order valence-electron chi connectivity index (χ4n) is 4.31. The van der Waals surface area contributed by atoms with E-state index >= 15 is 0 Å². The Morgan fingerprint density at radius 1 is 1.25 bits per heavy atom. The maximum Gasteiger partial charge on any atom is 0.410 e. The molecular weight excluding hydrogens is 300 g/mol. The van der Waals surface area contributed by atoms with Crippen LogP contribution >= 0.6 is 0 Å². The predicted molar refractivity (Wildman–Crippen MR) is 99.2 cm³/mol. The maximum atomic E-state index is 12.5. The number of amides is 1. The molecule has 4 heteroatoms. The largest absolute Gasteiger partial charge is 0.444 e. The first-order valence-corrected chi connectivity index (χ1v) is 9.80. The van der Waals surface area contributed by atoms with Gasteiger partial charge < -0.3 is 15.0 Å². The first-order valence-electron chi connectivity index (χ1n) is 9.80. The number of hydrogen-bond donors (Lipinski definition) is 1. The van der Waals surface area contributed by atoms with Crippen molar-refractivity contribution < 1.29 is 9.53 Å². The van der Waals surface area contributed by atoms with Gasteiger partial charge in [-0.1, -0.05) is 20.8 Å². The van der Waals surface area contributed by atoms with Crippen molar-refractivity contribution in [3.63, 3.8) is 0 Å². The number of rotatable bonds is 3. The molecule has 24 heavy (non-hydrogen) atoms. The summed E-state index contributed by atoms with van der Waals surface area (Å²) in [5.74, 6) is 0.701. The normalized spacial score (nSPS) is 30.9. The Hall–Kier alpha value is -0.770. The number of carbonyl (C=O) groups is 1. The number of ether oxygens (including phenoxy) is 1. The average molecular weight is 339 g/mol. The molecule has 1 aliphatic carbocycles. The van der Waals surface area contributed by atoms with Crippen LogP contribution in [0.25, 0.3) is 0 Å². The highest BCUT2D eigenvalue weighted by Crippen LogP contribution is 2.38. The molecule has 1 amide bonds. The molecule has 1 heterocycles. The number of hydrogen-bond acceptors (Lipinski definition) is 3. The van der Waals surface area contributed by atoms with Gasteiger partial charge in [-0.05, 0) is 70.6 Å². The van der Waals surface area contributed by atoms with Gasteiger partial charge in [-0.15, -0.1) is 0 Å². The van der Waals surface area contributed by atoms with Crippen LogP contribution in [0.1, 0.15) is 80.1 Å². The van der Waals surface area contributed by atoms with Crippen LogP contribution in [-0.2, 0) is 4.74 Å². The number of piperidine rings is 1. The second-order valence-electron chi connectivity index (χ2n) is 9.72. The predicted octanol–water partition coefficient (Wildman–Crippen LogP) is 4.58. The van der Waals surface area contributed by atoms with Gasteiger partial charge in [-0.3, -0.25) is 0 Å². The van der Waals surface area contributed by atoms with Gasteiger partial charge in [0.25, 0.3) is 0 Å². The number of carbonyl (C=O) groups excluding carboxylic acids is 1. The molecule has 0 bridgehead atoms. The molecule has 0 aromatic heterocycles. The summed E-state index contributed by atoms with van der Waals surface area (Å²) < 4.78 is 5.61. The fraction of sp³-hybridized carbons (Fsp3) is 0.950. The molecule has 1 saturated carbocycles. The van der Waals surface area contributed by atoms with Gasteiger partial charge in [0.2, 0.25) is 0 Å². The summed E-state index contributed by atoms with van der Waals surface area (Å²) in [5.41, 5.74) is 0.0565. The molecule has 0 aromatic rings. The molecule has 0 spiro atoms. The van der Waals surface area contributed by atoms with Crippen molar-refractivity contribution in [3.8, 4) is 0 Å². The monoisotopic (exact) mass is 338 g/mol. The second-order valence-corrected chi connectivity index (χ2v) is 9.72. The molecule has 140 valence electrons. The van der Waals surface area contributed by atoms with E-state index in [4.69, 9.17) is 4.74 Å². The number of likely N-dealkylation sites (tertiary alicyclic amines) is 1. The van der Waals surface area contributed by atoms with Crippen LogP contribution in [0.3, 0.4) is 0 Å². The third-order valence-electron chi connectivity index (χ3n) is 5.56. The smallest absolute Gasteiger partial charge is 0.410 e. The maximum absolute atomic E-state index is 12.5. The standard InChI is InChI=1S/C20H38N2O2/c1-15-13-20(5,6)11-10-17(15)21-14-16-9-7-8-12-22(16)18(23)24-19(2,3)4/h15-17,21H,7-14H2,1-6H3. The Balaban J connectivity index is 1.88. The van der Waals surface area contributed by atoms with Crippen molar-refractivity contribution in [2.45, 2.75) is 97.8 Å². The van der Waals surface area contributed by atoms with Gasteiger partial charge in [-0.2, -0.15) is 0 Å². The van der Waals surface area contributed by atoms with Gasteiger partial charge in [0.1, 0.15) is 5.60 Å². The van der Waals surface area contributed by atoms with Crippen LogP contribution in [0, 0.1) is 11.3 Å². The molecular formula is C20H38N2O2. The van der Waals surface area contributed by atoms with E-state index in [9.17, 15) is 4.79 Å². The van der Waals surface area contributed by atoms with Crippen LogP contribution in [0.5, 0.6) is 0 Å². The summed E-state index contributed by atoms with van der Waals surface area (Å²) >= 11 is 0. The SMILES string of the molecule is CC1CC(C)(C)CCC1NCC1CCCCN1C(=O)OC(C)(C)C. The zero-order chi connectivity index (χ0) is 18.0. The minimum Gasteiger partial charge on any atom is -0.444 e. The molecule has 0 aromatic carbocycles. The lowest BCUT2D eigenvalue weighted by Crippen LogP contribution is -2.52. The van der Waals surface area contributed by atoms with Crippen molar-refractivity contribution in [2.24, 2.45) is 11.3 Å². The van der Waals surface area contributed by atoms with Gasteiger partial charge >= 0.3 is 6.09 Å². The van der Waals surface area contributed by atoms with E-state index in [1.807, 2.05) is 25.7 Å². The van der Waals surface area contributed by atoms with Crippen LogP contribution in [-0.4, -0.2) is 41.8 Å². The molecule has 2 fully saturated rings. The fourth-order valence-corrected chi connectivity index (χ4v) is 4.31. The number of nitrogens with one attached hydrogen (secondary N) is 1. The molecule has 4 nitrogen and oxygen atoms in total. The molecule has 2 rings (SSSR count). The molecule has 0 radical (unpaired) electrons. The third-order valence-corrected chi connectivity index (χ3v) is 5.56. The zero-order valence-electron chi connectivity index (χ0n) is 16.7. The first-order chi connectivity index (χ1) is 11.1. The Kier molecular flexibility index (Phi) is 6.22. The summed E-state index contributed by atoms with van der Waals surface area (Å²) in [5, 5.41) is 3.78. The van der Waals surface area contributed by atoms with Crippen LogP contribution in [0.2, 0.25) is 0 Å². The van der Waals surface area contributed by atoms with E-state index in [0.717, 1.165) is 25.9 Å². The molecule has 1 saturated heterocycles. The Labute approximate surface area is 148 Å². The Bertz CT molecular complexity index is 428. The third kappa shape index (κ3) is 5.65. The van der Waals surface area contributed by atoms with Gasteiger partial charge in [-0.25, -0.2) is 4.79 Å². The molecule has 1 aliphatic heterocycles. The minimum atomic E-state index is -0.421. The van der Waals surface area contributed by atoms with E-state index in [-0.39, 0.29) is 12.1 Å². The lowest BCUT2D eigenvalue weighted by atomic mass is 9.70. The van der Waals surface area contributed by atoms with Crippen molar-refractivity contribution >= 4 is 6.09 Å². The molecule has 3 unspecified atom stereocenters. The molecule has 3 atom stereocenters. The summed E-state index contributed by atoms with van der Waals surface area (Å²) in [7, 11) is 0. The van der Waals surface area contributed by atoms with Gasteiger partial charge in [0.05, 0.1) is 0 Å². The van der Waals surface area contributed by atoms with E-state index in [1.165, 1.54) is 25.7 Å². The van der Waals surface area contributed by atoms with Crippen LogP contribution < -0.4 is 5.32 Å². The highest BCUT2D eigenvalue weighted by molar-refractivity contribution is 5.68. The highest BCUT2D eigenvalue weighted by atomic mass is 16.6. The van der Waals surface area contributed by atoms with Crippen molar-refractivity contribution in [1.29, 1.82) is 0 Å². The molecule has 1 N–H and O–H groups in total. The Morgan fingerprint density at radius 2 is 1.96 bits per heavy atom. The summed E-state index contributed by atoms with van der Waals surface area (Å²) in [4.78, 5) is 14.5. The van der Waals surface area contributed by atoms with Crippen molar-refractivity contribution in [3.05, 3.63) is 0 Å². The summed E-state index contributed by atoms with van der Waals surface area (Å²) in [6.07, 6.45) is 7.04. The number of nitrogens with zero attached hydrogens (tertiary/aromatic N) is 1. The second kappa shape index (κ2) is 7.63. The van der Waals surface area contributed by atoms with Crippen molar-refractivity contribution in [2.75, 3.05) is 13.1 Å². The summed E-state index contributed by atoms with van der Waals surface area (Å²) in [6, 6.07) is 0.858. The van der Waals surface area contributed by atoms with Crippen LogP contribution in [0.4, 0.5) is 4.79 Å². The van der Waals surface area contributed by atoms with Crippen molar-refractivity contribution in [1.82, 2.24) is 10.2 Å². The zero-order valence-corrected chi connectivity index (χ0v) is 16.7. The lowest BCUT2D eigenvalue weighted by molar-refractivity contribution is 0.00900. The Morgan fingerprint density at radius 3 is 2.58 bits per heavy atom. The average Bonchev–Trinajstić information content (AvgIpc) is 2.44. The molecule has 2 aliphatic rings. The topological polar surface area (TPSA) is 41.6 Å². The van der Waals surface area contributed by atoms with E-state index in [1.54, 1.807) is 0 Å². The lowest BCUT2D eigenvalue weighted by Gasteiger charge is -2.42. The van der Waals surface area contributed by atoms with E-state index < -0.39 is 5.60 Å². The van der Waals surface area contributed by atoms with E-state index in [2.05, 4.69) is 26.1 Å². The van der Waals surface area contributed by atoms with E-state index in [0.29, 0.717) is 17.4 Å². The first kappa shape index (κ1) is 19.6. The highest BCUT2D eigenvalue weighted by Gasteiger charge is 2.34. The van der Waals surface area contributed by atoms with Crippen LogP contribution in [0.15, 0.2) is 0 Å². The minimum absolute atomic E-state index is 0.146. The van der Waals surface area contributed by atoms with Gasteiger partial charge in [0, 0.05) is 25.2 Å². The summed E-state index contributed by atoms with van der Waals surface area (Å²) in [6.45, 7) is 14.7.